The minimum atomic E-state index is -0.541. The summed E-state index contributed by atoms with van der Waals surface area (Å²) in [5, 5.41) is 24.8. The molecule has 1 aromatic heterocycles. The summed E-state index contributed by atoms with van der Waals surface area (Å²) in [6.45, 7) is 1.46. The number of phenols is 1. The van der Waals surface area contributed by atoms with Gasteiger partial charge in [0.2, 0.25) is 0 Å². The van der Waals surface area contributed by atoms with Crippen LogP contribution in [0.1, 0.15) is 35.8 Å². The summed E-state index contributed by atoms with van der Waals surface area (Å²) in [6.07, 6.45) is 4.04. The molecule has 0 fully saturated rings. The number of benzene rings is 2. The lowest BCUT2D eigenvalue weighted by molar-refractivity contribution is 0.171. The number of rotatable bonds is 7. The molecule has 3 aromatic rings. The number of phenolic OH excluding ortho intramolecular Hbond substituents is 1. The number of hydrogen-bond donors (Lipinski definition) is 4. The van der Waals surface area contributed by atoms with Crippen LogP contribution in [0.4, 0.5) is 0 Å². The van der Waals surface area contributed by atoms with Gasteiger partial charge in [-0.3, -0.25) is 0 Å². The summed E-state index contributed by atoms with van der Waals surface area (Å²) in [5.41, 5.74) is 4.56. The smallest absolute Gasteiger partial charge is 0.163 e. The van der Waals surface area contributed by atoms with Crippen molar-refractivity contribution in [2.45, 2.75) is 31.8 Å². The van der Waals surface area contributed by atoms with Crippen LogP contribution in [0.3, 0.4) is 0 Å². The van der Waals surface area contributed by atoms with E-state index in [-0.39, 0.29) is 5.75 Å². The van der Waals surface area contributed by atoms with Gasteiger partial charge in [-0.15, -0.1) is 0 Å². The third-order valence-electron chi connectivity index (χ3n) is 5.24. The Morgan fingerprint density at radius 2 is 1.93 bits per heavy atom. The molecule has 1 atom stereocenters. The quantitative estimate of drug-likeness (QED) is 0.483. The summed E-state index contributed by atoms with van der Waals surface area (Å²) in [4.78, 5) is 3.48. The van der Waals surface area contributed by atoms with Crippen LogP contribution < -0.4 is 10.1 Å². The molecular formula is C22H26N2O3. The topological polar surface area (TPSA) is 77.5 Å². The maximum absolute atomic E-state index is 10.3. The van der Waals surface area contributed by atoms with Gasteiger partial charge in [0, 0.05) is 35.8 Å². The number of hydrogen-bond acceptors (Lipinski definition) is 4. The molecule has 0 bridgehead atoms. The molecule has 5 heteroatoms. The van der Waals surface area contributed by atoms with E-state index in [2.05, 4.69) is 10.3 Å². The molecule has 5 nitrogen and oxygen atoms in total. The van der Waals surface area contributed by atoms with E-state index in [1.54, 1.807) is 0 Å². The van der Waals surface area contributed by atoms with Crippen LogP contribution in [-0.2, 0) is 12.8 Å². The van der Waals surface area contributed by atoms with Crippen LogP contribution in [0.15, 0.2) is 42.5 Å². The fourth-order valence-corrected chi connectivity index (χ4v) is 3.81. The fraction of sp³-hybridized carbons (Fsp3) is 0.364. The highest BCUT2D eigenvalue weighted by atomic mass is 16.5. The lowest BCUT2D eigenvalue weighted by Crippen LogP contribution is -2.26. The number of aryl methyl sites for hydroxylation is 2. The number of aliphatic hydroxyl groups is 1. The number of nitrogens with one attached hydrogen (secondary N) is 2. The van der Waals surface area contributed by atoms with Crippen LogP contribution in [0.2, 0.25) is 0 Å². The molecular weight excluding hydrogens is 340 g/mol. The van der Waals surface area contributed by atoms with Crippen molar-refractivity contribution in [3.05, 3.63) is 59.3 Å². The first-order chi connectivity index (χ1) is 13.2. The first kappa shape index (κ1) is 17.9. The van der Waals surface area contributed by atoms with Crippen LogP contribution in [-0.4, -0.2) is 34.9 Å². The molecule has 1 heterocycles. The van der Waals surface area contributed by atoms with Gasteiger partial charge in [-0.1, -0.05) is 30.3 Å². The second-order valence-corrected chi connectivity index (χ2v) is 7.13. The molecule has 0 radical (unpaired) electrons. The minimum Gasteiger partial charge on any atom is -0.504 e. The van der Waals surface area contributed by atoms with Crippen LogP contribution in [0.5, 0.6) is 11.5 Å². The van der Waals surface area contributed by atoms with Crippen molar-refractivity contribution in [2.24, 2.45) is 0 Å². The van der Waals surface area contributed by atoms with Crippen molar-refractivity contribution in [3.63, 3.8) is 0 Å². The summed E-state index contributed by atoms with van der Waals surface area (Å²) < 4.78 is 5.75. The van der Waals surface area contributed by atoms with Gasteiger partial charge in [-0.2, -0.15) is 0 Å². The zero-order valence-electron chi connectivity index (χ0n) is 15.4. The largest absolute Gasteiger partial charge is 0.504 e. The molecule has 0 saturated carbocycles. The van der Waals surface area contributed by atoms with Crippen LogP contribution in [0, 0.1) is 0 Å². The molecule has 0 spiro atoms. The van der Waals surface area contributed by atoms with E-state index in [0.717, 1.165) is 29.3 Å². The van der Waals surface area contributed by atoms with E-state index in [0.29, 0.717) is 25.4 Å². The molecule has 2 aromatic carbocycles. The minimum absolute atomic E-state index is 0.180. The number of ether oxygens (including phenoxy) is 1. The van der Waals surface area contributed by atoms with Crippen molar-refractivity contribution in [1.29, 1.82) is 0 Å². The standard InChI is InChI=1S/C22H26N2O3/c25-20-12-17-16-8-4-5-9-18(16)24-19(17)13-22(20)27-11-10-23-14-21(26)15-6-2-1-3-7-15/h1-3,6-7,12-13,21,23-26H,4-5,8-11,14H2. The Morgan fingerprint density at radius 3 is 2.78 bits per heavy atom. The van der Waals surface area contributed by atoms with Gasteiger partial charge < -0.3 is 25.3 Å². The molecule has 1 aliphatic carbocycles. The first-order valence-corrected chi connectivity index (χ1v) is 9.65. The second kappa shape index (κ2) is 8.03. The molecule has 1 unspecified atom stereocenters. The van der Waals surface area contributed by atoms with Gasteiger partial charge in [-0.05, 0) is 42.9 Å². The monoisotopic (exact) mass is 366 g/mol. The average Bonchev–Trinajstić information content (AvgIpc) is 3.05. The predicted molar refractivity (Wildman–Crippen MR) is 106 cm³/mol. The molecule has 1 aliphatic rings. The van der Waals surface area contributed by atoms with E-state index < -0.39 is 6.10 Å². The molecule has 0 aliphatic heterocycles. The Labute approximate surface area is 159 Å². The first-order valence-electron chi connectivity index (χ1n) is 9.65. The van der Waals surface area contributed by atoms with Gasteiger partial charge in [0.25, 0.3) is 0 Å². The number of H-pyrrole nitrogens is 1. The lowest BCUT2D eigenvalue weighted by atomic mass is 9.95. The van der Waals surface area contributed by atoms with Gasteiger partial charge in [0.1, 0.15) is 6.61 Å². The number of aliphatic hydroxyl groups excluding tert-OH is 1. The van der Waals surface area contributed by atoms with E-state index in [4.69, 9.17) is 4.74 Å². The number of aromatic hydroxyl groups is 1. The normalized spacial score (nSPS) is 14.9. The highest BCUT2D eigenvalue weighted by Gasteiger charge is 2.17. The van der Waals surface area contributed by atoms with E-state index in [1.165, 1.54) is 24.1 Å². The predicted octanol–water partition coefficient (Wildman–Crippen LogP) is 3.45. The SMILES string of the molecule is Oc1cc2c3c([nH]c2cc1OCCNCC(O)c1ccccc1)CCCC3. The molecule has 4 N–H and O–H groups in total. The number of aromatic amines is 1. The van der Waals surface area contributed by atoms with Gasteiger partial charge in [0.15, 0.2) is 11.5 Å². The Hall–Kier alpha value is -2.50. The second-order valence-electron chi connectivity index (χ2n) is 7.13. The lowest BCUT2D eigenvalue weighted by Gasteiger charge is -2.13. The van der Waals surface area contributed by atoms with Gasteiger partial charge in [-0.25, -0.2) is 0 Å². The van der Waals surface area contributed by atoms with E-state index in [1.807, 2.05) is 42.5 Å². The third kappa shape index (κ3) is 3.94. The number of aromatic nitrogens is 1. The molecule has 142 valence electrons. The Balaban J connectivity index is 1.32. The van der Waals surface area contributed by atoms with Crippen molar-refractivity contribution < 1.29 is 14.9 Å². The fourth-order valence-electron chi connectivity index (χ4n) is 3.81. The summed E-state index contributed by atoms with van der Waals surface area (Å²) in [5.74, 6) is 0.672. The Kier molecular flexibility index (Phi) is 5.32. The highest BCUT2D eigenvalue weighted by molar-refractivity contribution is 5.88. The van der Waals surface area contributed by atoms with Crippen LogP contribution >= 0.6 is 0 Å². The Morgan fingerprint density at radius 1 is 1.11 bits per heavy atom. The van der Waals surface area contributed by atoms with Crippen molar-refractivity contribution in [1.82, 2.24) is 10.3 Å². The summed E-state index contributed by atoms with van der Waals surface area (Å²) >= 11 is 0. The summed E-state index contributed by atoms with van der Waals surface area (Å²) in [7, 11) is 0. The maximum Gasteiger partial charge on any atom is 0.163 e. The molecule has 4 rings (SSSR count). The third-order valence-corrected chi connectivity index (χ3v) is 5.24. The number of fused-ring (bicyclic) bond motifs is 3. The van der Waals surface area contributed by atoms with Gasteiger partial charge in [0.05, 0.1) is 6.10 Å². The average molecular weight is 366 g/mol. The summed E-state index contributed by atoms with van der Waals surface area (Å²) in [6, 6.07) is 13.3. The molecule has 27 heavy (non-hydrogen) atoms. The highest BCUT2D eigenvalue weighted by Crippen LogP contribution is 2.36. The van der Waals surface area contributed by atoms with E-state index >= 15 is 0 Å². The zero-order valence-corrected chi connectivity index (χ0v) is 15.4. The maximum atomic E-state index is 10.3. The van der Waals surface area contributed by atoms with E-state index in [9.17, 15) is 10.2 Å². The van der Waals surface area contributed by atoms with Crippen molar-refractivity contribution >= 4 is 10.9 Å². The Bertz CT molecular complexity index is 905. The van der Waals surface area contributed by atoms with Crippen LogP contribution in [0.25, 0.3) is 10.9 Å². The van der Waals surface area contributed by atoms with Gasteiger partial charge >= 0.3 is 0 Å². The molecule has 0 saturated heterocycles. The van der Waals surface area contributed by atoms with Crippen molar-refractivity contribution in [3.8, 4) is 11.5 Å². The molecule has 0 amide bonds. The van der Waals surface area contributed by atoms with Crippen molar-refractivity contribution in [2.75, 3.05) is 19.7 Å². The zero-order chi connectivity index (χ0) is 18.6.